The largest absolute Gasteiger partial charge is 0.461 e. The molecule has 3 nitrogen and oxygen atoms in total. The standard InChI is InChI=1S/C47H78O3/c1-8-10-11-12-13-14-15-16-17-18-19-20-21-22-23-24-45(49)50-44-34-39(48)33-38-27-28-40-42-30-29-41(36(5)25-26-37(9-2)35(3)4)46(42,6)32-31-43(40)47(38,44)7/h13-14,16-17,25-27,35-37,39-44,48H,8-12,15,18-24,28-34H2,1-7H3/b14-13-,17-16-,26-25+/t36-,37+,39+,40+,41-,42+,43+,44?,46-,47+/m1/s1. The number of unbranched alkanes of at least 4 members (excludes halogenated alkanes) is 8. The van der Waals surface area contributed by atoms with Crippen LogP contribution in [0.15, 0.2) is 48.1 Å². The highest BCUT2D eigenvalue weighted by atomic mass is 16.5. The average molecular weight is 691 g/mol. The zero-order valence-corrected chi connectivity index (χ0v) is 33.6. The van der Waals surface area contributed by atoms with Crippen LogP contribution in [-0.4, -0.2) is 23.3 Å². The number of carbonyl (C=O) groups excluding carboxylic acids is 1. The van der Waals surface area contributed by atoms with Crippen LogP contribution in [0.5, 0.6) is 0 Å². The summed E-state index contributed by atoms with van der Waals surface area (Å²) in [6.45, 7) is 16.8. The highest BCUT2D eigenvalue weighted by molar-refractivity contribution is 5.69. The maximum atomic E-state index is 13.3. The van der Waals surface area contributed by atoms with Crippen molar-refractivity contribution in [2.45, 2.75) is 189 Å². The van der Waals surface area contributed by atoms with Gasteiger partial charge in [0.2, 0.25) is 0 Å². The molecule has 1 unspecified atom stereocenters. The van der Waals surface area contributed by atoms with Gasteiger partial charge in [0.15, 0.2) is 0 Å². The van der Waals surface area contributed by atoms with Crippen LogP contribution in [-0.2, 0) is 9.53 Å². The molecule has 3 fully saturated rings. The number of fused-ring (bicyclic) bond motifs is 5. The Morgan fingerprint density at radius 1 is 0.900 bits per heavy atom. The summed E-state index contributed by atoms with van der Waals surface area (Å²) in [5, 5.41) is 10.9. The third-order valence-corrected chi connectivity index (χ3v) is 14.4. The minimum absolute atomic E-state index is 0.0496. The van der Waals surface area contributed by atoms with Crippen LogP contribution in [0.3, 0.4) is 0 Å². The van der Waals surface area contributed by atoms with Crippen LogP contribution >= 0.6 is 0 Å². The van der Waals surface area contributed by atoms with E-state index in [9.17, 15) is 9.90 Å². The Balaban J connectivity index is 1.25. The smallest absolute Gasteiger partial charge is 0.306 e. The van der Waals surface area contributed by atoms with Crippen molar-refractivity contribution < 1.29 is 14.6 Å². The number of ether oxygens (including phenoxy) is 1. The first-order valence-electron chi connectivity index (χ1n) is 21.6. The molecule has 284 valence electrons. The van der Waals surface area contributed by atoms with Gasteiger partial charge in [-0.2, -0.15) is 0 Å². The first-order chi connectivity index (χ1) is 24.1. The Morgan fingerprint density at radius 2 is 1.60 bits per heavy atom. The van der Waals surface area contributed by atoms with Gasteiger partial charge in [0.1, 0.15) is 6.10 Å². The van der Waals surface area contributed by atoms with E-state index < -0.39 is 6.10 Å². The van der Waals surface area contributed by atoms with Crippen LogP contribution in [0.2, 0.25) is 0 Å². The van der Waals surface area contributed by atoms with Gasteiger partial charge in [0.05, 0.1) is 6.10 Å². The third-order valence-electron chi connectivity index (χ3n) is 14.4. The number of esters is 1. The quantitative estimate of drug-likeness (QED) is 0.0786. The second kappa shape index (κ2) is 20.0. The number of hydrogen-bond acceptors (Lipinski definition) is 3. The van der Waals surface area contributed by atoms with Crippen molar-refractivity contribution in [1.82, 2.24) is 0 Å². The molecule has 4 aliphatic carbocycles. The molecule has 0 spiro atoms. The lowest BCUT2D eigenvalue weighted by Crippen LogP contribution is -2.56. The Labute approximate surface area is 309 Å². The molecule has 0 radical (unpaired) electrons. The summed E-state index contributed by atoms with van der Waals surface area (Å²) in [7, 11) is 0. The van der Waals surface area contributed by atoms with E-state index >= 15 is 0 Å². The van der Waals surface area contributed by atoms with Crippen molar-refractivity contribution in [1.29, 1.82) is 0 Å². The summed E-state index contributed by atoms with van der Waals surface area (Å²) in [6.07, 6.45) is 38.6. The van der Waals surface area contributed by atoms with Crippen LogP contribution < -0.4 is 0 Å². The topological polar surface area (TPSA) is 46.5 Å². The van der Waals surface area contributed by atoms with Crippen molar-refractivity contribution >= 4 is 5.97 Å². The molecule has 0 aromatic rings. The molecule has 4 rings (SSSR count). The van der Waals surface area contributed by atoms with Crippen LogP contribution in [0.4, 0.5) is 0 Å². The Kier molecular flexibility index (Phi) is 16.5. The lowest BCUT2D eigenvalue weighted by Gasteiger charge is -2.60. The number of carbonyl (C=O) groups is 1. The fraction of sp³-hybridized carbons (Fsp3) is 0.809. The van der Waals surface area contributed by atoms with Crippen molar-refractivity contribution in [3.63, 3.8) is 0 Å². The predicted molar refractivity (Wildman–Crippen MR) is 213 cm³/mol. The molecule has 0 aromatic carbocycles. The molecular weight excluding hydrogens is 613 g/mol. The minimum atomic E-state index is -0.408. The van der Waals surface area contributed by atoms with Gasteiger partial charge in [-0.1, -0.05) is 129 Å². The zero-order valence-electron chi connectivity index (χ0n) is 33.6. The molecule has 10 atom stereocenters. The molecule has 0 bridgehead atoms. The molecule has 3 saturated carbocycles. The number of hydrogen-bond donors (Lipinski definition) is 1. The second-order valence-corrected chi connectivity index (χ2v) is 18.0. The van der Waals surface area contributed by atoms with Crippen molar-refractivity contribution in [2.24, 2.45) is 52.3 Å². The molecular formula is C47H78O3. The molecule has 0 amide bonds. The molecule has 3 heteroatoms. The van der Waals surface area contributed by atoms with Gasteiger partial charge >= 0.3 is 5.97 Å². The zero-order chi connectivity index (χ0) is 36.1. The van der Waals surface area contributed by atoms with Gasteiger partial charge < -0.3 is 9.84 Å². The van der Waals surface area contributed by atoms with E-state index in [-0.39, 0.29) is 17.5 Å². The molecule has 0 heterocycles. The first kappa shape index (κ1) is 41.2. The lowest BCUT2D eigenvalue weighted by molar-refractivity contribution is -0.169. The lowest BCUT2D eigenvalue weighted by atomic mass is 9.46. The van der Waals surface area contributed by atoms with Crippen LogP contribution in [0.1, 0.15) is 177 Å². The predicted octanol–water partition coefficient (Wildman–Crippen LogP) is 13.1. The number of aliphatic hydroxyl groups is 1. The van der Waals surface area contributed by atoms with E-state index in [0.29, 0.717) is 47.8 Å². The first-order valence-corrected chi connectivity index (χ1v) is 21.6. The van der Waals surface area contributed by atoms with Crippen LogP contribution in [0.25, 0.3) is 0 Å². The molecule has 1 N–H and O–H groups in total. The molecule has 0 aliphatic heterocycles. The monoisotopic (exact) mass is 691 g/mol. The van der Waals surface area contributed by atoms with Crippen LogP contribution in [0, 0.1) is 52.3 Å². The van der Waals surface area contributed by atoms with E-state index in [1.165, 1.54) is 82.6 Å². The Hall–Kier alpha value is -1.61. The maximum absolute atomic E-state index is 13.3. The van der Waals surface area contributed by atoms with Crippen molar-refractivity contribution in [3.05, 3.63) is 48.1 Å². The number of aliphatic hydroxyl groups excluding tert-OH is 1. The van der Waals surface area contributed by atoms with E-state index in [2.05, 4.69) is 91.0 Å². The Morgan fingerprint density at radius 3 is 2.30 bits per heavy atom. The normalized spacial score (nSPS) is 33.8. The molecule has 0 saturated heterocycles. The summed E-state index contributed by atoms with van der Waals surface area (Å²) in [5.41, 5.74) is 1.61. The number of rotatable bonds is 20. The molecule has 0 aromatic heterocycles. The highest BCUT2D eigenvalue weighted by Gasteiger charge is 2.61. The Bertz CT molecular complexity index is 1150. The summed E-state index contributed by atoms with van der Waals surface area (Å²) in [4.78, 5) is 13.3. The van der Waals surface area contributed by atoms with Crippen molar-refractivity contribution in [3.8, 4) is 0 Å². The van der Waals surface area contributed by atoms with E-state index in [1.807, 2.05) is 0 Å². The van der Waals surface area contributed by atoms with Gasteiger partial charge in [-0.25, -0.2) is 0 Å². The minimum Gasteiger partial charge on any atom is -0.461 e. The highest BCUT2D eigenvalue weighted by Crippen LogP contribution is 2.67. The summed E-state index contributed by atoms with van der Waals surface area (Å²) in [5.74, 6) is 4.62. The number of allylic oxidation sites excluding steroid dienone is 7. The molecule has 50 heavy (non-hydrogen) atoms. The van der Waals surface area contributed by atoms with Gasteiger partial charge in [-0.05, 0) is 130 Å². The van der Waals surface area contributed by atoms with Gasteiger partial charge in [-0.3, -0.25) is 4.79 Å². The van der Waals surface area contributed by atoms with Gasteiger partial charge in [0.25, 0.3) is 0 Å². The summed E-state index contributed by atoms with van der Waals surface area (Å²) < 4.78 is 6.42. The summed E-state index contributed by atoms with van der Waals surface area (Å²) in [6, 6.07) is 0. The van der Waals surface area contributed by atoms with Gasteiger partial charge in [0, 0.05) is 18.3 Å². The van der Waals surface area contributed by atoms with Gasteiger partial charge in [-0.15, -0.1) is 0 Å². The molecule has 4 aliphatic rings. The SMILES string of the molecule is CCCCC/C=C\C/C=C\CCCCCCCC(=O)OC1C[C@@H](O)CC2=CC[C@H]3[C@@H]4CC[C@H]([C@H](C)/C=C/[C@H](CC)C(C)C)[C@@]4(C)CC[C@@H]3[C@]21C. The maximum Gasteiger partial charge on any atom is 0.306 e. The van der Waals surface area contributed by atoms with E-state index in [1.54, 1.807) is 0 Å². The van der Waals surface area contributed by atoms with Crippen molar-refractivity contribution in [2.75, 3.05) is 0 Å². The second-order valence-electron chi connectivity index (χ2n) is 18.0. The van der Waals surface area contributed by atoms with E-state index in [4.69, 9.17) is 4.74 Å². The third kappa shape index (κ3) is 10.3. The fourth-order valence-electron chi connectivity index (χ4n) is 11.3. The van der Waals surface area contributed by atoms with E-state index in [0.717, 1.165) is 50.4 Å². The average Bonchev–Trinajstić information content (AvgIpc) is 3.44. The fourth-order valence-corrected chi connectivity index (χ4v) is 11.3. The summed E-state index contributed by atoms with van der Waals surface area (Å²) >= 11 is 0.